The van der Waals surface area contributed by atoms with Gasteiger partial charge in [-0.15, -0.1) is 0 Å². The zero-order valence-corrected chi connectivity index (χ0v) is 38.5. The highest BCUT2D eigenvalue weighted by atomic mass is 16.6. The van der Waals surface area contributed by atoms with E-state index < -0.39 is 42.3 Å². The highest BCUT2D eigenvalue weighted by Crippen LogP contribution is 2.27. The lowest BCUT2D eigenvalue weighted by Gasteiger charge is -2.30. The van der Waals surface area contributed by atoms with Crippen molar-refractivity contribution in [3.63, 3.8) is 0 Å². The molecule has 0 radical (unpaired) electrons. The van der Waals surface area contributed by atoms with Gasteiger partial charge in [-0.3, -0.25) is 14.4 Å². The lowest BCUT2D eigenvalue weighted by Crippen LogP contribution is -2.48. The standard InChI is InChI=1S/C49H92O8/c1-8-33-45(50)57-49(48(53)56-39-32-26-20-14-11-17-23-29-36-44(6)7,40-46(51)54-37-30-24-18-12-9-15-21-27-34-42(2)3)41-47(52)55-38-31-25-19-13-10-16-22-28-35-43(4)5/h42-44H,8-41H2,1-7H3. The molecular weight excluding hydrogens is 717 g/mol. The first kappa shape index (κ1) is 54.9. The van der Waals surface area contributed by atoms with E-state index in [1.165, 1.54) is 96.3 Å². The molecule has 8 nitrogen and oxygen atoms in total. The molecule has 336 valence electrons. The van der Waals surface area contributed by atoms with E-state index in [2.05, 4.69) is 41.5 Å². The minimum atomic E-state index is -2.12. The summed E-state index contributed by atoms with van der Waals surface area (Å²) in [5, 5.41) is 0. The Morgan fingerprint density at radius 1 is 0.386 bits per heavy atom. The van der Waals surface area contributed by atoms with Gasteiger partial charge in [0.2, 0.25) is 5.60 Å². The van der Waals surface area contributed by atoms with E-state index in [0.717, 1.165) is 75.5 Å². The number of ether oxygens (including phenoxy) is 4. The monoisotopic (exact) mass is 809 g/mol. The Morgan fingerprint density at radius 3 is 0.965 bits per heavy atom. The van der Waals surface area contributed by atoms with E-state index in [4.69, 9.17) is 18.9 Å². The SMILES string of the molecule is CCCC(=O)OC(CC(=O)OCCCCCCCCCCC(C)C)(CC(=O)OCCCCCCCCCCC(C)C)C(=O)OCCCCCCCCCCC(C)C. The highest BCUT2D eigenvalue weighted by Gasteiger charge is 2.49. The minimum Gasteiger partial charge on any atom is -0.466 e. The zero-order valence-electron chi connectivity index (χ0n) is 38.5. The van der Waals surface area contributed by atoms with Gasteiger partial charge in [-0.25, -0.2) is 4.79 Å². The maximum absolute atomic E-state index is 13.8. The van der Waals surface area contributed by atoms with Crippen molar-refractivity contribution in [1.29, 1.82) is 0 Å². The number of hydrogen-bond donors (Lipinski definition) is 0. The second-order valence-corrected chi connectivity index (χ2v) is 18.2. The smallest absolute Gasteiger partial charge is 0.351 e. The molecule has 0 atom stereocenters. The Labute approximate surface area is 351 Å². The fraction of sp³-hybridized carbons (Fsp3) is 0.918. The maximum Gasteiger partial charge on any atom is 0.351 e. The molecule has 0 aromatic heterocycles. The van der Waals surface area contributed by atoms with Crippen LogP contribution in [-0.2, 0) is 38.1 Å². The predicted molar refractivity (Wildman–Crippen MR) is 235 cm³/mol. The molecule has 0 fully saturated rings. The molecule has 0 aliphatic heterocycles. The van der Waals surface area contributed by atoms with Gasteiger partial charge < -0.3 is 18.9 Å². The van der Waals surface area contributed by atoms with Gasteiger partial charge in [0.25, 0.3) is 0 Å². The maximum atomic E-state index is 13.8. The van der Waals surface area contributed by atoms with E-state index in [-0.39, 0.29) is 26.2 Å². The van der Waals surface area contributed by atoms with Crippen molar-refractivity contribution in [1.82, 2.24) is 0 Å². The Bertz CT molecular complexity index is 930. The molecule has 0 aliphatic rings. The van der Waals surface area contributed by atoms with Gasteiger partial charge in [-0.05, 0) is 43.4 Å². The first-order chi connectivity index (χ1) is 27.4. The average Bonchev–Trinajstić information content (AvgIpc) is 3.14. The highest BCUT2D eigenvalue weighted by molar-refractivity contribution is 5.92. The minimum absolute atomic E-state index is 0.0477. The molecule has 0 N–H and O–H groups in total. The van der Waals surface area contributed by atoms with E-state index >= 15 is 0 Å². The number of esters is 4. The van der Waals surface area contributed by atoms with Crippen LogP contribution in [0.1, 0.15) is 248 Å². The molecule has 0 aliphatic carbocycles. The van der Waals surface area contributed by atoms with Crippen LogP contribution in [0.4, 0.5) is 0 Å². The largest absolute Gasteiger partial charge is 0.466 e. The van der Waals surface area contributed by atoms with Crippen LogP contribution in [0, 0.1) is 17.8 Å². The first-order valence-electron chi connectivity index (χ1n) is 24.1. The van der Waals surface area contributed by atoms with Crippen molar-refractivity contribution in [3.8, 4) is 0 Å². The third-order valence-electron chi connectivity index (χ3n) is 10.8. The second kappa shape index (κ2) is 38.1. The third-order valence-corrected chi connectivity index (χ3v) is 10.8. The lowest BCUT2D eigenvalue weighted by atomic mass is 9.94. The van der Waals surface area contributed by atoms with Crippen molar-refractivity contribution in [2.24, 2.45) is 17.8 Å². The third kappa shape index (κ3) is 35.5. The molecule has 57 heavy (non-hydrogen) atoms. The second-order valence-electron chi connectivity index (χ2n) is 18.2. The van der Waals surface area contributed by atoms with Crippen LogP contribution in [0.2, 0.25) is 0 Å². The number of unbranched alkanes of at least 4 members (excludes halogenated alkanes) is 21. The van der Waals surface area contributed by atoms with E-state index in [1.807, 2.05) is 6.92 Å². The topological polar surface area (TPSA) is 105 Å². The molecule has 0 unspecified atom stereocenters. The van der Waals surface area contributed by atoms with E-state index in [1.54, 1.807) is 0 Å². The summed E-state index contributed by atoms with van der Waals surface area (Å²) in [4.78, 5) is 53.2. The molecule has 0 spiro atoms. The van der Waals surface area contributed by atoms with Crippen molar-refractivity contribution in [2.45, 2.75) is 253 Å². The summed E-state index contributed by atoms with van der Waals surface area (Å²) in [6.07, 6.45) is 29.9. The van der Waals surface area contributed by atoms with Crippen molar-refractivity contribution in [2.75, 3.05) is 19.8 Å². The molecule has 0 bridgehead atoms. The van der Waals surface area contributed by atoms with Gasteiger partial charge in [0.05, 0.1) is 32.7 Å². The molecule has 8 heteroatoms. The van der Waals surface area contributed by atoms with Crippen LogP contribution < -0.4 is 0 Å². The molecule has 0 saturated heterocycles. The normalized spacial score (nSPS) is 11.8. The number of carbonyl (C=O) groups excluding carboxylic acids is 4. The van der Waals surface area contributed by atoms with Crippen LogP contribution >= 0.6 is 0 Å². The summed E-state index contributed by atoms with van der Waals surface area (Å²) in [7, 11) is 0. The van der Waals surface area contributed by atoms with Gasteiger partial charge in [0.15, 0.2) is 0 Å². The molecule has 0 amide bonds. The van der Waals surface area contributed by atoms with Gasteiger partial charge in [-0.2, -0.15) is 0 Å². The number of hydrogen-bond acceptors (Lipinski definition) is 8. The summed E-state index contributed by atoms with van der Waals surface area (Å²) < 4.78 is 22.5. The van der Waals surface area contributed by atoms with Crippen molar-refractivity contribution in [3.05, 3.63) is 0 Å². The number of carbonyl (C=O) groups is 4. The molecular formula is C49H92O8. The quantitative estimate of drug-likeness (QED) is 0.0341. The lowest BCUT2D eigenvalue weighted by molar-refractivity contribution is -0.191. The van der Waals surface area contributed by atoms with Crippen LogP contribution in [0.25, 0.3) is 0 Å². The van der Waals surface area contributed by atoms with Gasteiger partial charge in [-0.1, -0.05) is 203 Å². The summed E-state index contributed by atoms with van der Waals surface area (Å²) >= 11 is 0. The summed E-state index contributed by atoms with van der Waals surface area (Å²) in [6.45, 7) is 16.0. The summed E-state index contributed by atoms with van der Waals surface area (Å²) in [5.41, 5.74) is -2.12. The zero-order chi connectivity index (χ0) is 42.4. The van der Waals surface area contributed by atoms with Crippen LogP contribution in [0.3, 0.4) is 0 Å². The van der Waals surface area contributed by atoms with Gasteiger partial charge in [0, 0.05) is 6.42 Å². The molecule has 0 aromatic rings. The van der Waals surface area contributed by atoms with Crippen LogP contribution in [0.15, 0.2) is 0 Å². The van der Waals surface area contributed by atoms with Crippen LogP contribution in [-0.4, -0.2) is 49.3 Å². The summed E-state index contributed by atoms with van der Waals surface area (Å²) in [6, 6.07) is 0. The summed E-state index contributed by atoms with van der Waals surface area (Å²) in [5.74, 6) is -0.621. The Morgan fingerprint density at radius 2 is 0.667 bits per heavy atom. The van der Waals surface area contributed by atoms with Crippen molar-refractivity contribution < 1.29 is 38.1 Å². The van der Waals surface area contributed by atoms with Gasteiger partial charge in [0.1, 0.15) is 0 Å². The predicted octanol–water partition coefficient (Wildman–Crippen LogP) is 14.0. The Kier molecular flexibility index (Phi) is 36.7. The van der Waals surface area contributed by atoms with E-state index in [9.17, 15) is 19.2 Å². The van der Waals surface area contributed by atoms with Gasteiger partial charge >= 0.3 is 23.9 Å². The molecule has 0 aromatic carbocycles. The van der Waals surface area contributed by atoms with Crippen LogP contribution in [0.5, 0.6) is 0 Å². The molecule has 0 rings (SSSR count). The van der Waals surface area contributed by atoms with E-state index in [0.29, 0.717) is 25.7 Å². The molecule has 0 heterocycles. The average molecular weight is 809 g/mol. The first-order valence-corrected chi connectivity index (χ1v) is 24.1. The fourth-order valence-electron chi connectivity index (χ4n) is 7.18. The number of rotatable bonds is 41. The van der Waals surface area contributed by atoms with Crippen molar-refractivity contribution >= 4 is 23.9 Å². The molecule has 0 saturated carbocycles. The fourth-order valence-corrected chi connectivity index (χ4v) is 7.18. The Balaban J connectivity index is 5.15. The Hall–Kier alpha value is -2.12.